The predicted octanol–water partition coefficient (Wildman–Crippen LogP) is 0.688. The number of aromatic nitrogens is 1. The summed E-state index contributed by atoms with van der Waals surface area (Å²) in [5, 5.41) is 3.02. The van der Waals surface area contributed by atoms with Crippen molar-refractivity contribution in [1.29, 1.82) is 0 Å². The molecule has 140 valence electrons. The van der Waals surface area contributed by atoms with Gasteiger partial charge in [-0.05, 0) is 26.0 Å². The number of hydrogen-bond acceptors (Lipinski definition) is 6. The van der Waals surface area contributed by atoms with Gasteiger partial charge in [-0.2, -0.15) is 4.31 Å². The number of fused-ring (bicyclic) bond motifs is 1. The number of carbonyl (C=O) groups is 1. The van der Waals surface area contributed by atoms with E-state index in [1.807, 2.05) is 24.3 Å². The maximum Gasteiger partial charge on any atom is 0.239 e. The first-order valence-electron chi connectivity index (χ1n) is 8.40. The number of anilines is 1. The van der Waals surface area contributed by atoms with Crippen LogP contribution < -0.4 is 16.2 Å². The van der Waals surface area contributed by atoms with Crippen LogP contribution in [0.3, 0.4) is 0 Å². The van der Waals surface area contributed by atoms with Crippen LogP contribution >= 0.6 is 0 Å². The molecule has 1 aromatic carbocycles. The zero-order valence-electron chi connectivity index (χ0n) is 14.9. The van der Waals surface area contributed by atoms with E-state index in [0.29, 0.717) is 11.2 Å². The van der Waals surface area contributed by atoms with E-state index in [1.165, 1.54) is 7.05 Å². The molecule has 2 unspecified atom stereocenters. The van der Waals surface area contributed by atoms with Gasteiger partial charge in [0, 0.05) is 30.7 Å². The Hall–Kier alpha value is -2.07. The number of hydrazine groups is 1. The number of nitrogens with one attached hydrogen (secondary N) is 3. The molecule has 0 aliphatic carbocycles. The standard InChI is InChI=1S/C17H23N5O3S/c1-11-17(12(2)21-20-11)26(24,25)22(3)10-15(23)19-14-8-4-6-13-7-5-9-18-16(13)14/h4-9,11-12,17,20-21H,10H2,1-3H3,(H,19,23). The van der Waals surface area contributed by atoms with Crippen LogP contribution in [0.2, 0.25) is 0 Å². The summed E-state index contributed by atoms with van der Waals surface area (Å²) in [5.74, 6) is -0.409. The average Bonchev–Trinajstić information content (AvgIpc) is 2.94. The number of benzene rings is 1. The summed E-state index contributed by atoms with van der Waals surface area (Å²) in [6.45, 7) is 3.34. The molecule has 2 heterocycles. The van der Waals surface area contributed by atoms with Crippen LogP contribution in [0, 0.1) is 0 Å². The van der Waals surface area contributed by atoms with Crippen molar-refractivity contribution in [2.45, 2.75) is 31.2 Å². The average molecular weight is 377 g/mol. The van der Waals surface area contributed by atoms with E-state index in [4.69, 9.17) is 0 Å². The molecule has 2 aromatic rings. The number of likely N-dealkylation sites (N-methyl/N-ethyl adjacent to an activating group) is 1. The van der Waals surface area contributed by atoms with Gasteiger partial charge in [-0.25, -0.2) is 8.42 Å². The minimum atomic E-state index is -3.64. The highest BCUT2D eigenvalue weighted by Gasteiger charge is 2.42. The number of sulfonamides is 1. The van der Waals surface area contributed by atoms with Gasteiger partial charge in [0.1, 0.15) is 5.25 Å². The second-order valence-electron chi connectivity index (χ2n) is 6.56. The topological polar surface area (TPSA) is 103 Å². The summed E-state index contributed by atoms with van der Waals surface area (Å²) < 4.78 is 26.7. The Bertz CT molecular complexity index is 902. The molecule has 0 spiro atoms. The Morgan fingerprint density at radius 2 is 1.85 bits per heavy atom. The normalized spacial score (nSPS) is 23.5. The molecular formula is C17H23N5O3S. The third kappa shape index (κ3) is 3.56. The summed E-state index contributed by atoms with van der Waals surface area (Å²) in [7, 11) is -2.21. The summed E-state index contributed by atoms with van der Waals surface area (Å²) in [6.07, 6.45) is 1.65. The van der Waals surface area contributed by atoms with Gasteiger partial charge in [0.15, 0.2) is 0 Å². The van der Waals surface area contributed by atoms with Crippen LogP contribution in [0.25, 0.3) is 10.9 Å². The molecule has 8 nitrogen and oxygen atoms in total. The lowest BCUT2D eigenvalue weighted by Gasteiger charge is -2.25. The van der Waals surface area contributed by atoms with E-state index in [9.17, 15) is 13.2 Å². The van der Waals surface area contributed by atoms with Gasteiger partial charge in [-0.1, -0.05) is 18.2 Å². The molecule has 1 aliphatic rings. The number of carbonyl (C=O) groups excluding carboxylic acids is 1. The minimum absolute atomic E-state index is 0.247. The van der Waals surface area contributed by atoms with E-state index in [1.54, 1.807) is 26.1 Å². The van der Waals surface area contributed by atoms with Crippen LogP contribution in [0.4, 0.5) is 5.69 Å². The molecule has 0 radical (unpaired) electrons. The van der Waals surface area contributed by atoms with Gasteiger partial charge < -0.3 is 5.32 Å². The number of rotatable bonds is 5. The van der Waals surface area contributed by atoms with Crippen LogP contribution in [0.15, 0.2) is 36.5 Å². The first kappa shape index (κ1) is 18.7. The van der Waals surface area contributed by atoms with Crippen LogP contribution in [-0.2, 0) is 14.8 Å². The van der Waals surface area contributed by atoms with E-state index in [0.717, 1.165) is 9.69 Å². The summed E-state index contributed by atoms with van der Waals surface area (Å²) in [6, 6.07) is 8.69. The maximum atomic E-state index is 12.8. The van der Waals surface area contributed by atoms with Crippen molar-refractivity contribution in [2.75, 3.05) is 18.9 Å². The molecule has 1 aromatic heterocycles. The molecule has 3 rings (SSSR count). The van der Waals surface area contributed by atoms with Gasteiger partial charge >= 0.3 is 0 Å². The molecule has 26 heavy (non-hydrogen) atoms. The molecule has 0 saturated carbocycles. The fourth-order valence-electron chi connectivity index (χ4n) is 3.27. The Balaban J connectivity index is 1.73. The molecule has 2 atom stereocenters. The van der Waals surface area contributed by atoms with Crippen molar-refractivity contribution >= 4 is 32.5 Å². The number of hydrogen-bond donors (Lipinski definition) is 3. The number of para-hydroxylation sites is 1. The van der Waals surface area contributed by atoms with Crippen molar-refractivity contribution in [3.63, 3.8) is 0 Å². The minimum Gasteiger partial charge on any atom is -0.323 e. The summed E-state index contributed by atoms with van der Waals surface area (Å²) in [4.78, 5) is 16.7. The Morgan fingerprint density at radius 3 is 2.54 bits per heavy atom. The fraction of sp³-hybridized carbons (Fsp3) is 0.412. The maximum absolute atomic E-state index is 12.8. The van der Waals surface area contributed by atoms with E-state index in [2.05, 4.69) is 21.2 Å². The van der Waals surface area contributed by atoms with E-state index >= 15 is 0 Å². The monoisotopic (exact) mass is 377 g/mol. The van der Waals surface area contributed by atoms with Gasteiger partial charge in [0.2, 0.25) is 15.9 Å². The Morgan fingerprint density at radius 1 is 1.19 bits per heavy atom. The third-order valence-corrected chi connectivity index (χ3v) is 7.08. The molecule has 1 aliphatic heterocycles. The number of nitrogens with zero attached hydrogens (tertiary/aromatic N) is 2. The summed E-state index contributed by atoms with van der Waals surface area (Å²) >= 11 is 0. The Labute approximate surface area is 153 Å². The first-order valence-corrected chi connectivity index (χ1v) is 9.91. The Kier molecular flexibility index (Phi) is 5.24. The quantitative estimate of drug-likeness (QED) is 0.708. The van der Waals surface area contributed by atoms with Crippen molar-refractivity contribution in [1.82, 2.24) is 20.1 Å². The number of amides is 1. The fourth-order valence-corrected chi connectivity index (χ4v) is 5.15. The lowest BCUT2D eigenvalue weighted by Crippen LogP contribution is -2.47. The van der Waals surface area contributed by atoms with Gasteiger partial charge in [-0.3, -0.25) is 20.6 Å². The SMILES string of the molecule is CC1NNC(C)C1S(=O)(=O)N(C)CC(=O)Nc1cccc2cccnc12. The predicted molar refractivity (Wildman–Crippen MR) is 101 cm³/mol. The third-order valence-electron chi connectivity index (χ3n) is 4.58. The lowest BCUT2D eigenvalue weighted by molar-refractivity contribution is -0.116. The largest absolute Gasteiger partial charge is 0.323 e. The zero-order valence-corrected chi connectivity index (χ0v) is 15.7. The van der Waals surface area contributed by atoms with E-state index < -0.39 is 21.2 Å². The highest BCUT2D eigenvalue weighted by atomic mass is 32.2. The van der Waals surface area contributed by atoms with Crippen molar-refractivity contribution in [3.05, 3.63) is 36.5 Å². The van der Waals surface area contributed by atoms with Crippen LogP contribution in [0.5, 0.6) is 0 Å². The van der Waals surface area contributed by atoms with Crippen molar-refractivity contribution in [3.8, 4) is 0 Å². The first-order chi connectivity index (χ1) is 12.3. The van der Waals surface area contributed by atoms with Crippen molar-refractivity contribution < 1.29 is 13.2 Å². The second-order valence-corrected chi connectivity index (χ2v) is 8.76. The molecule has 9 heteroatoms. The molecule has 1 amide bonds. The van der Waals surface area contributed by atoms with Crippen LogP contribution in [-0.4, -0.2) is 54.5 Å². The molecular weight excluding hydrogens is 354 g/mol. The summed E-state index contributed by atoms with van der Waals surface area (Å²) in [5.41, 5.74) is 7.08. The van der Waals surface area contributed by atoms with E-state index in [-0.39, 0.29) is 18.6 Å². The van der Waals surface area contributed by atoms with Crippen molar-refractivity contribution in [2.24, 2.45) is 0 Å². The van der Waals surface area contributed by atoms with Gasteiger partial charge in [-0.15, -0.1) is 0 Å². The van der Waals surface area contributed by atoms with Crippen LogP contribution in [0.1, 0.15) is 13.8 Å². The number of pyridine rings is 1. The van der Waals surface area contributed by atoms with Gasteiger partial charge in [0.05, 0.1) is 17.7 Å². The molecule has 1 fully saturated rings. The highest BCUT2D eigenvalue weighted by molar-refractivity contribution is 7.89. The zero-order chi connectivity index (χ0) is 18.9. The molecule has 0 bridgehead atoms. The van der Waals surface area contributed by atoms with Gasteiger partial charge in [0.25, 0.3) is 0 Å². The molecule has 3 N–H and O–H groups in total. The highest BCUT2D eigenvalue weighted by Crippen LogP contribution is 2.21. The smallest absolute Gasteiger partial charge is 0.239 e. The second kappa shape index (κ2) is 7.28. The lowest BCUT2D eigenvalue weighted by atomic mass is 10.2. The molecule has 1 saturated heterocycles.